The van der Waals surface area contributed by atoms with E-state index in [1.54, 1.807) is 0 Å². The van der Waals surface area contributed by atoms with Crippen LogP contribution in [0.15, 0.2) is 54.6 Å². The average Bonchev–Trinajstić information content (AvgIpc) is 2.73. The smallest absolute Gasteiger partial charge is 0.0875 e. The highest BCUT2D eigenvalue weighted by atomic mass is 32.1. The molecule has 0 saturated carbocycles. The minimum absolute atomic E-state index is 0.451. The van der Waals surface area contributed by atoms with E-state index in [4.69, 9.17) is 12.2 Å². The average molecular weight is 312 g/mol. The van der Waals surface area contributed by atoms with Crippen molar-refractivity contribution in [3.05, 3.63) is 65.7 Å². The lowest BCUT2D eigenvalue weighted by Crippen LogP contribution is -2.38. The molecule has 0 spiro atoms. The lowest BCUT2D eigenvalue weighted by atomic mass is 10.1. The normalized spacial score (nSPS) is 18.0. The fourth-order valence-electron chi connectivity index (χ4n) is 3.15. The molecule has 1 aliphatic heterocycles. The Morgan fingerprint density at radius 2 is 1.57 bits per heavy atom. The Balaban J connectivity index is 2.01. The Morgan fingerprint density at radius 3 is 2.24 bits per heavy atom. The monoisotopic (exact) mass is 311 g/mol. The van der Waals surface area contributed by atoms with Gasteiger partial charge in [0.15, 0.2) is 0 Å². The number of hydrogen-bond donors (Lipinski definition) is 0. The van der Waals surface area contributed by atoms with Crippen LogP contribution < -0.4 is 4.90 Å². The van der Waals surface area contributed by atoms with Crippen LogP contribution in [0.1, 0.15) is 16.7 Å². The maximum absolute atomic E-state index is 5.87. The van der Waals surface area contributed by atoms with E-state index in [2.05, 4.69) is 79.1 Å². The molecular formula is C18H21NSSi. The van der Waals surface area contributed by atoms with E-state index in [0.717, 1.165) is 11.5 Å². The van der Waals surface area contributed by atoms with Crippen LogP contribution in [0.2, 0.25) is 19.6 Å². The summed E-state index contributed by atoms with van der Waals surface area (Å²) >= 11 is 5.87. The van der Waals surface area contributed by atoms with E-state index < -0.39 is 8.07 Å². The van der Waals surface area contributed by atoms with Crippen molar-refractivity contribution < 1.29 is 0 Å². The zero-order valence-electron chi connectivity index (χ0n) is 12.8. The molecule has 2 aromatic rings. The fraction of sp³-hybridized carbons (Fsp3) is 0.278. The fourth-order valence-corrected chi connectivity index (χ4v) is 6.58. The highest BCUT2D eigenvalue weighted by Gasteiger charge is 2.41. The van der Waals surface area contributed by atoms with Crippen molar-refractivity contribution >= 4 is 31.0 Å². The molecule has 1 aliphatic rings. The molecule has 0 radical (unpaired) electrons. The molecule has 3 rings (SSSR count). The molecule has 108 valence electrons. The van der Waals surface area contributed by atoms with Gasteiger partial charge in [-0.2, -0.15) is 0 Å². The largest absolute Gasteiger partial charge is 0.331 e. The van der Waals surface area contributed by atoms with Crippen molar-refractivity contribution in [2.75, 3.05) is 4.90 Å². The van der Waals surface area contributed by atoms with Gasteiger partial charge in [-0.15, -0.1) is 0 Å². The SMILES string of the molecule is C[Si](C)(C)C1C(=S)N(Cc2ccccc2)c2ccccc21. The summed E-state index contributed by atoms with van der Waals surface area (Å²) in [5.41, 5.74) is 4.50. The number of anilines is 1. The second-order valence-electron chi connectivity index (χ2n) is 6.77. The Morgan fingerprint density at radius 1 is 0.952 bits per heavy atom. The van der Waals surface area contributed by atoms with Crippen molar-refractivity contribution in [1.29, 1.82) is 0 Å². The quantitative estimate of drug-likeness (QED) is 0.580. The van der Waals surface area contributed by atoms with Gasteiger partial charge in [0, 0.05) is 17.8 Å². The minimum atomic E-state index is -1.38. The third-order valence-electron chi connectivity index (χ3n) is 4.10. The van der Waals surface area contributed by atoms with Gasteiger partial charge < -0.3 is 4.90 Å². The number of nitrogens with zero attached hydrogens (tertiary/aromatic N) is 1. The van der Waals surface area contributed by atoms with Crippen LogP contribution in [0, 0.1) is 0 Å². The Hall–Kier alpha value is -1.45. The Bertz CT molecular complexity index is 660. The second-order valence-corrected chi connectivity index (χ2v) is 12.5. The molecule has 1 nitrogen and oxygen atoms in total. The van der Waals surface area contributed by atoms with Gasteiger partial charge in [0.25, 0.3) is 0 Å². The van der Waals surface area contributed by atoms with Gasteiger partial charge in [0.05, 0.1) is 13.1 Å². The number of rotatable bonds is 3. The Kier molecular flexibility index (Phi) is 3.72. The van der Waals surface area contributed by atoms with Crippen LogP contribution in [-0.2, 0) is 6.54 Å². The van der Waals surface area contributed by atoms with Crippen LogP contribution in [0.25, 0.3) is 0 Å². The molecule has 21 heavy (non-hydrogen) atoms. The molecule has 1 unspecified atom stereocenters. The molecule has 0 saturated heterocycles. The molecule has 2 aromatic carbocycles. The maximum atomic E-state index is 5.87. The summed E-state index contributed by atoms with van der Waals surface area (Å²) in [5.74, 6) is 0. The zero-order chi connectivity index (χ0) is 15.0. The molecule has 0 fully saturated rings. The lowest BCUT2D eigenvalue weighted by molar-refractivity contribution is 1.02. The van der Waals surface area contributed by atoms with Crippen LogP contribution in [0.4, 0.5) is 5.69 Å². The molecule has 0 bridgehead atoms. The number of fused-ring (bicyclic) bond motifs is 1. The van der Waals surface area contributed by atoms with E-state index in [1.165, 1.54) is 16.8 Å². The summed E-state index contributed by atoms with van der Waals surface area (Å²) in [6.07, 6.45) is 0. The minimum Gasteiger partial charge on any atom is -0.331 e. The Labute approximate surface area is 133 Å². The van der Waals surface area contributed by atoms with E-state index in [-0.39, 0.29) is 0 Å². The van der Waals surface area contributed by atoms with E-state index in [9.17, 15) is 0 Å². The number of hydrogen-bond acceptors (Lipinski definition) is 1. The van der Waals surface area contributed by atoms with E-state index >= 15 is 0 Å². The van der Waals surface area contributed by atoms with Gasteiger partial charge in [-0.3, -0.25) is 0 Å². The van der Waals surface area contributed by atoms with Crippen LogP contribution in [0.3, 0.4) is 0 Å². The highest BCUT2D eigenvalue weighted by molar-refractivity contribution is 7.81. The third-order valence-corrected chi connectivity index (χ3v) is 7.08. The first-order chi connectivity index (χ1) is 9.98. The summed E-state index contributed by atoms with van der Waals surface area (Å²) in [7, 11) is -1.38. The lowest BCUT2D eigenvalue weighted by Gasteiger charge is -2.27. The van der Waals surface area contributed by atoms with E-state index in [0.29, 0.717) is 5.54 Å². The molecule has 0 N–H and O–H groups in total. The van der Waals surface area contributed by atoms with Crippen LogP contribution in [0.5, 0.6) is 0 Å². The first kappa shape index (κ1) is 14.5. The summed E-state index contributed by atoms with van der Waals surface area (Å²) in [6.45, 7) is 8.10. The molecular weight excluding hydrogens is 290 g/mol. The van der Waals surface area contributed by atoms with Crippen LogP contribution >= 0.6 is 12.2 Å². The second kappa shape index (κ2) is 5.39. The zero-order valence-corrected chi connectivity index (χ0v) is 14.7. The standard InChI is InChI=1S/C18H21NSSi/c1-21(2,3)17-15-11-7-8-12-16(15)19(18(17)20)13-14-9-5-4-6-10-14/h4-12,17H,13H2,1-3H3. The topological polar surface area (TPSA) is 3.24 Å². The predicted molar refractivity (Wildman–Crippen MR) is 97.8 cm³/mol. The summed E-state index contributed by atoms with van der Waals surface area (Å²) in [6, 6.07) is 19.3. The van der Waals surface area contributed by atoms with Gasteiger partial charge in [-0.1, -0.05) is 80.4 Å². The molecule has 1 atom stereocenters. The predicted octanol–water partition coefficient (Wildman–Crippen LogP) is 5.00. The molecule has 3 heteroatoms. The summed E-state index contributed by atoms with van der Waals surface area (Å²) < 4.78 is 0. The first-order valence-corrected chi connectivity index (χ1v) is 11.4. The van der Waals surface area contributed by atoms with E-state index in [1.807, 2.05) is 0 Å². The molecule has 0 amide bonds. The first-order valence-electron chi connectivity index (χ1n) is 7.43. The summed E-state index contributed by atoms with van der Waals surface area (Å²) in [4.78, 5) is 3.45. The van der Waals surface area contributed by atoms with Gasteiger partial charge in [0.2, 0.25) is 0 Å². The molecule has 0 aromatic heterocycles. The number of thiocarbonyl (C=S) groups is 1. The van der Waals surface area contributed by atoms with Gasteiger partial charge >= 0.3 is 0 Å². The van der Waals surface area contributed by atoms with Crippen molar-refractivity contribution in [3.63, 3.8) is 0 Å². The van der Waals surface area contributed by atoms with Crippen molar-refractivity contribution in [2.45, 2.75) is 31.7 Å². The molecule has 0 aliphatic carbocycles. The van der Waals surface area contributed by atoms with Gasteiger partial charge in [0.1, 0.15) is 0 Å². The van der Waals surface area contributed by atoms with Crippen molar-refractivity contribution in [1.82, 2.24) is 0 Å². The van der Waals surface area contributed by atoms with Crippen molar-refractivity contribution in [3.8, 4) is 0 Å². The van der Waals surface area contributed by atoms with Crippen molar-refractivity contribution in [2.24, 2.45) is 0 Å². The van der Waals surface area contributed by atoms with Gasteiger partial charge in [-0.25, -0.2) is 0 Å². The number of benzene rings is 2. The summed E-state index contributed by atoms with van der Waals surface area (Å²) in [5, 5.41) is 0. The third kappa shape index (κ3) is 2.68. The van der Waals surface area contributed by atoms with Gasteiger partial charge in [-0.05, 0) is 17.2 Å². The number of para-hydroxylation sites is 1. The maximum Gasteiger partial charge on any atom is 0.0875 e. The highest BCUT2D eigenvalue weighted by Crippen LogP contribution is 2.43. The van der Waals surface area contributed by atoms with Crippen LogP contribution in [-0.4, -0.2) is 13.1 Å². The molecule has 1 heterocycles.